The molecule has 7 nitrogen and oxygen atoms in total. The van der Waals surface area contributed by atoms with Gasteiger partial charge >= 0.3 is 0 Å². The van der Waals surface area contributed by atoms with E-state index >= 15 is 0 Å². The van der Waals surface area contributed by atoms with Crippen molar-refractivity contribution in [3.63, 3.8) is 0 Å². The topological polar surface area (TPSA) is 74.0 Å². The summed E-state index contributed by atoms with van der Waals surface area (Å²) in [5, 5.41) is 11.3. The van der Waals surface area contributed by atoms with Crippen LogP contribution in [0.5, 0.6) is 5.75 Å². The summed E-state index contributed by atoms with van der Waals surface area (Å²) in [6.45, 7) is 5.98. The monoisotopic (exact) mass is 431 g/mol. The maximum Gasteiger partial charge on any atom is 0.251 e. The molecule has 1 amide bonds. The molecule has 3 aromatic rings. The number of aryl methyl sites for hydroxylation is 1. The Morgan fingerprint density at radius 1 is 1.19 bits per heavy atom. The van der Waals surface area contributed by atoms with E-state index in [1.165, 1.54) is 5.56 Å². The highest BCUT2D eigenvalue weighted by molar-refractivity contribution is 9.10. The van der Waals surface area contributed by atoms with Crippen molar-refractivity contribution >= 4 is 27.5 Å². The molecule has 1 aromatic carbocycles. The first-order valence-electron chi connectivity index (χ1n) is 8.65. The normalized spacial score (nSPS) is 11.4. The second-order valence-corrected chi connectivity index (χ2v) is 7.57. The molecule has 0 aliphatic rings. The molecule has 0 unspecified atom stereocenters. The number of amides is 1. The molecule has 2 aromatic heterocycles. The van der Waals surface area contributed by atoms with Gasteiger partial charge in [-0.3, -0.25) is 9.48 Å². The Morgan fingerprint density at radius 3 is 2.56 bits per heavy atom. The number of aromatic nitrogens is 4. The Kier molecular flexibility index (Phi) is 5.65. The number of halogens is 1. The van der Waals surface area contributed by atoms with Crippen LogP contribution in [0, 0.1) is 0 Å². The van der Waals surface area contributed by atoms with Gasteiger partial charge in [0.25, 0.3) is 5.91 Å². The molecule has 2 heterocycles. The summed E-state index contributed by atoms with van der Waals surface area (Å²) in [4.78, 5) is 12.6. The van der Waals surface area contributed by atoms with Crippen molar-refractivity contribution in [2.75, 3.05) is 5.32 Å². The minimum Gasteiger partial charge on any atom is -0.471 e. The van der Waals surface area contributed by atoms with Gasteiger partial charge in [0.2, 0.25) is 0 Å². The van der Waals surface area contributed by atoms with Crippen LogP contribution in [-0.2, 0) is 23.5 Å². The van der Waals surface area contributed by atoms with Crippen molar-refractivity contribution in [3.8, 4) is 5.75 Å². The fourth-order valence-electron chi connectivity index (χ4n) is 2.46. The molecule has 0 fully saturated rings. The zero-order valence-corrected chi connectivity index (χ0v) is 17.1. The SMILES string of the molecule is CCc1ccc(OCn2cc(NC(=O)C(C)(C)n3cc(Br)cn3)cn2)cc1. The van der Waals surface area contributed by atoms with E-state index in [0.717, 1.165) is 16.6 Å². The molecule has 0 atom stereocenters. The van der Waals surface area contributed by atoms with E-state index < -0.39 is 5.54 Å². The number of ether oxygens (including phenoxy) is 1. The summed E-state index contributed by atoms with van der Waals surface area (Å²) in [7, 11) is 0. The first-order valence-corrected chi connectivity index (χ1v) is 9.44. The molecule has 0 saturated heterocycles. The molecule has 27 heavy (non-hydrogen) atoms. The number of carbonyl (C=O) groups excluding carboxylic acids is 1. The number of carbonyl (C=O) groups is 1. The van der Waals surface area contributed by atoms with E-state index in [1.807, 2.05) is 24.3 Å². The molecular formula is C19H22BrN5O2. The Hall–Kier alpha value is -2.61. The van der Waals surface area contributed by atoms with Crippen LogP contribution in [0.4, 0.5) is 5.69 Å². The zero-order chi connectivity index (χ0) is 19.4. The van der Waals surface area contributed by atoms with Crippen molar-refractivity contribution < 1.29 is 9.53 Å². The van der Waals surface area contributed by atoms with Gasteiger partial charge in [-0.25, -0.2) is 4.68 Å². The largest absolute Gasteiger partial charge is 0.471 e. The van der Waals surface area contributed by atoms with Crippen LogP contribution < -0.4 is 10.1 Å². The third kappa shape index (κ3) is 4.57. The lowest BCUT2D eigenvalue weighted by Gasteiger charge is -2.23. The van der Waals surface area contributed by atoms with E-state index in [9.17, 15) is 4.79 Å². The Labute approximate surface area is 166 Å². The summed E-state index contributed by atoms with van der Waals surface area (Å²) >= 11 is 3.35. The van der Waals surface area contributed by atoms with Crippen LogP contribution in [-0.4, -0.2) is 25.5 Å². The fourth-order valence-corrected chi connectivity index (χ4v) is 2.74. The van der Waals surface area contributed by atoms with Crippen molar-refractivity contribution in [1.82, 2.24) is 19.6 Å². The van der Waals surface area contributed by atoms with Crippen LogP contribution in [0.25, 0.3) is 0 Å². The third-order valence-corrected chi connectivity index (χ3v) is 4.68. The van der Waals surface area contributed by atoms with Gasteiger partial charge in [0.15, 0.2) is 6.73 Å². The van der Waals surface area contributed by atoms with Gasteiger partial charge in [0.1, 0.15) is 11.3 Å². The first kappa shape index (κ1) is 19.2. The van der Waals surface area contributed by atoms with Crippen LogP contribution in [0.1, 0.15) is 26.3 Å². The van der Waals surface area contributed by atoms with E-state index in [-0.39, 0.29) is 12.6 Å². The number of nitrogens with zero attached hydrogens (tertiary/aromatic N) is 4. The number of rotatable bonds is 7. The van der Waals surface area contributed by atoms with Gasteiger partial charge in [0.05, 0.1) is 28.8 Å². The van der Waals surface area contributed by atoms with Gasteiger partial charge in [-0.15, -0.1) is 0 Å². The Balaban J connectivity index is 1.59. The Bertz CT molecular complexity index is 914. The summed E-state index contributed by atoms with van der Waals surface area (Å²) in [5.74, 6) is 0.590. The summed E-state index contributed by atoms with van der Waals surface area (Å²) in [6, 6.07) is 7.96. The molecule has 8 heteroatoms. The molecule has 142 valence electrons. The summed E-state index contributed by atoms with van der Waals surface area (Å²) in [5.41, 5.74) is 1.02. The van der Waals surface area contributed by atoms with E-state index in [1.54, 1.807) is 48.0 Å². The summed E-state index contributed by atoms with van der Waals surface area (Å²) in [6.07, 6.45) is 7.73. The molecular weight excluding hydrogens is 410 g/mol. The molecule has 0 spiro atoms. The molecule has 1 N–H and O–H groups in total. The van der Waals surface area contributed by atoms with Crippen LogP contribution in [0.3, 0.4) is 0 Å². The van der Waals surface area contributed by atoms with Crippen molar-refractivity contribution in [1.29, 1.82) is 0 Å². The van der Waals surface area contributed by atoms with E-state index in [0.29, 0.717) is 5.69 Å². The molecule has 0 radical (unpaired) electrons. The predicted octanol–water partition coefficient (Wildman–Crippen LogP) is 3.81. The molecule has 3 rings (SSSR count). The quantitative estimate of drug-likeness (QED) is 0.616. The molecule has 0 aliphatic carbocycles. The average molecular weight is 432 g/mol. The van der Waals surface area contributed by atoms with E-state index in [2.05, 4.69) is 38.4 Å². The van der Waals surface area contributed by atoms with Crippen molar-refractivity contribution in [2.45, 2.75) is 39.5 Å². The van der Waals surface area contributed by atoms with Crippen LogP contribution in [0.15, 0.2) is 53.5 Å². The van der Waals surface area contributed by atoms with E-state index in [4.69, 9.17) is 4.74 Å². The second kappa shape index (κ2) is 7.96. The minimum absolute atomic E-state index is 0.186. The lowest BCUT2D eigenvalue weighted by Crippen LogP contribution is -2.40. The highest BCUT2D eigenvalue weighted by atomic mass is 79.9. The maximum absolute atomic E-state index is 12.6. The maximum atomic E-state index is 12.6. The lowest BCUT2D eigenvalue weighted by atomic mass is 10.1. The predicted molar refractivity (Wildman–Crippen MR) is 107 cm³/mol. The molecule has 0 saturated carbocycles. The average Bonchev–Trinajstić information content (AvgIpc) is 3.29. The zero-order valence-electron chi connectivity index (χ0n) is 15.5. The minimum atomic E-state index is -0.842. The molecule has 0 bridgehead atoms. The molecule has 0 aliphatic heterocycles. The Morgan fingerprint density at radius 2 is 1.93 bits per heavy atom. The van der Waals surface area contributed by atoms with Gasteiger partial charge in [0, 0.05) is 6.20 Å². The first-order chi connectivity index (χ1) is 12.9. The van der Waals surface area contributed by atoms with Gasteiger partial charge in [-0.05, 0) is 53.9 Å². The van der Waals surface area contributed by atoms with Crippen molar-refractivity contribution in [3.05, 3.63) is 59.1 Å². The van der Waals surface area contributed by atoms with Gasteiger partial charge in [-0.2, -0.15) is 10.2 Å². The lowest BCUT2D eigenvalue weighted by molar-refractivity contribution is -0.123. The van der Waals surface area contributed by atoms with Crippen LogP contribution in [0.2, 0.25) is 0 Å². The second-order valence-electron chi connectivity index (χ2n) is 6.66. The van der Waals surface area contributed by atoms with Crippen LogP contribution >= 0.6 is 15.9 Å². The van der Waals surface area contributed by atoms with Crippen molar-refractivity contribution in [2.24, 2.45) is 0 Å². The number of nitrogens with one attached hydrogen (secondary N) is 1. The standard InChI is InChI=1S/C19H22BrN5O2/c1-4-14-5-7-17(8-6-14)27-13-24-12-16(10-21-24)23-18(26)19(2,3)25-11-15(20)9-22-25/h5-12H,4,13H2,1-3H3,(H,23,26). The number of hydrogen-bond donors (Lipinski definition) is 1. The summed E-state index contributed by atoms with van der Waals surface area (Å²) < 4.78 is 9.77. The van der Waals surface area contributed by atoms with Gasteiger partial charge < -0.3 is 10.1 Å². The number of benzene rings is 1. The number of anilines is 1. The van der Waals surface area contributed by atoms with Gasteiger partial charge in [-0.1, -0.05) is 19.1 Å². The fraction of sp³-hybridized carbons (Fsp3) is 0.316. The highest BCUT2D eigenvalue weighted by Crippen LogP contribution is 2.20. The smallest absolute Gasteiger partial charge is 0.251 e. The number of hydrogen-bond acceptors (Lipinski definition) is 4. The third-order valence-electron chi connectivity index (χ3n) is 4.27. The highest BCUT2D eigenvalue weighted by Gasteiger charge is 2.30.